The van der Waals surface area contributed by atoms with Gasteiger partial charge in [0.1, 0.15) is 6.61 Å². The summed E-state index contributed by atoms with van der Waals surface area (Å²) in [5.74, 6) is 1.70. The molecule has 1 unspecified atom stereocenters. The minimum atomic E-state index is -3.84. The normalized spacial score (nSPS) is 23.3. The van der Waals surface area contributed by atoms with E-state index < -0.39 is 16.1 Å². The van der Waals surface area contributed by atoms with Crippen LogP contribution in [-0.4, -0.2) is 70.0 Å². The predicted octanol–water partition coefficient (Wildman–Crippen LogP) is 3.25. The number of sulfonamides is 1. The van der Waals surface area contributed by atoms with E-state index in [0.29, 0.717) is 35.7 Å². The lowest BCUT2D eigenvalue weighted by Gasteiger charge is -2.31. The highest BCUT2D eigenvalue weighted by atomic mass is 32.2. The number of likely N-dealkylation sites (tertiary alicyclic amines) is 1. The Labute approximate surface area is 205 Å². The molecule has 1 aliphatic carbocycles. The SMILES string of the molecule is O=S(=O)(c1nc2ccccc2[nH]1)N1CCCCC1c1noc(COC2CCN(CC3CC3)CC2)n1. The van der Waals surface area contributed by atoms with E-state index in [4.69, 9.17) is 9.26 Å². The van der Waals surface area contributed by atoms with Crippen molar-refractivity contribution in [3.05, 3.63) is 36.0 Å². The first-order valence-electron chi connectivity index (χ1n) is 12.7. The van der Waals surface area contributed by atoms with E-state index in [-0.39, 0.29) is 17.9 Å². The summed E-state index contributed by atoms with van der Waals surface area (Å²) in [6.45, 7) is 4.03. The van der Waals surface area contributed by atoms with E-state index in [9.17, 15) is 8.42 Å². The molecule has 2 aliphatic heterocycles. The molecule has 188 valence electrons. The van der Waals surface area contributed by atoms with Gasteiger partial charge in [0.05, 0.1) is 23.2 Å². The molecule has 3 aromatic rings. The number of hydrogen-bond acceptors (Lipinski definition) is 8. The minimum Gasteiger partial charge on any atom is -0.368 e. The van der Waals surface area contributed by atoms with Crippen LogP contribution in [0.5, 0.6) is 0 Å². The Bertz CT molecular complexity index is 1230. The maximum Gasteiger partial charge on any atom is 0.277 e. The zero-order chi connectivity index (χ0) is 23.8. The van der Waals surface area contributed by atoms with Crippen molar-refractivity contribution >= 4 is 21.1 Å². The molecule has 11 heteroatoms. The van der Waals surface area contributed by atoms with Crippen molar-refractivity contribution in [3.8, 4) is 0 Å². The van der Waals surface area contributed by atoms with E-state index in [1.807, 2.05) is 18.2 Å². The van der Waals surface area contributed by atoms with Crippen molar-refractivity contribution in [2.24, 2.45) is 5.92 Å². The van der Waals surface area contributed by atoms with Crippen LogP contribution in [0.25, 0.3) is 11.0 Å². The van der Waals surface area contributed by atoms with Gasteiger partial charge in [0, 0.05) is 26.2 Å². The lowest BCUT2D eigenvalue weighted by Crippen LogP contribution is -2.39. The molecule has 1 N–H and O–H groups in total. The topological polar surface area (TPSA) is 117 Å². The first-order valence-corrected chi connectivity index (χ1v) is 14.1. The molecule has 1 atom stereocenters. The number of aromatic amines is 1. The van der Waals surface area contributed by atoms with Crippen molar-refractivity contribution < 1.29 is 17.7 Å². The van der Waals surface area contributed by atoms with Crippen LogP contribution in [0.1, 0.15) is 62.7 Å². The van der Waals surface area contributed by atoms with Crippen molar-refractivity contribution in [1.29, 1.82) is 0 Å². The predicted molar refractivity (Wildman–Crippen MR) is 128 cm³/mol. The van der Waals surface area contributed by atoms with Gasteiger partial charge in [-0.2, -0.15) is 9.29 Å². The molecule has 0 bridgehead atoms. The minimum absolute atomic E-state index is 0.0503. The molecule has 0 amide bonds. The molecule has 3 fully saturated rings. The second-order valence-corrected chi connectivity index (χ2v) is 11.8. The molecule has 0 radical (unpaired) electrons. The molecule has 3 aliphatic rings. The average Bonchev–Trinajstić information content (AvgIpc) is 3.39. The lowest BCUT2D eigenvalue weighted by atomic mass is 10.0. The molecular weight excluding hydrogens is 468 g/mol. The number of hydrogen-bond donors (Lipinski definition) is 1. The summed E-state index contributed by atoms with van der Waals surface area (Å²) in [7, 11) is -3.84. The number of nitrogens with zero attached hydrogens (tertiary/aromatic N) is 5. The largest absolute Gasteiger partial charge is 0.368 e. The van der Waals surface area contributed by atoms with Gasteiger partial charge in [-0.25, -0.2) is 13.4 Å². The summed E-state index contributed by atoms with van der Waals surface area (Å²) in [4.78, 5) is 14.4. The summed E-state index contributed by atoms with van der Waals surface area (Å²) in [6.07, 6.45) is 7.31. The van der Waals surface area contributed by atoms with Gasteiger partial charge in [-0.1, -0.05) is 23.7 Å². The Kier molecular flexibility index (Phi) is 6.34. The maximum atomic E-state index is 13.5. The molecule has 0 spiro atoms. The number of para-hydroxylation sites is 2. The van der Waals surface area contributed by atoms with E-state index in [1.165, 1.54) is 23.7 Å². The number of ether oxygens (including phenoxy) is 1. The third kappa shape index (κ3) is 5.00. The molecule has 10 nitrogen and oxygen atoms in total. The fraction of sp³-hybridized carbons (Fsp3) is 0.625. The quantitative estimate of drug-likeness (QED) is 0.501. The molecule has 1 saturated carbocycles. The zero-order valence-electron chi connectivity index (χ0n) is 19.8. The standard InChI is InChI=1S/C24H32N6O4S/c31-35(32,24-25-19-5-1-2-6-20(19)26-24)30-12-4-3-7-21(30)23-27-22(34-28-23)16-33-18-10-13-29(14-11-18)15-17-8-9-17/h1-2,5-6,17-18,21H,3-4,7-16H2,(H,25,26). The highest BCUT2D eigenvalue weighted by Crippen LogP contribution is 2.34. The number of imidazole rings is 1. The van der Waals surface area contributed by atoms with Crippen molar-refractivity contribution in [2.75, 3.05) is 26.2 Å². The molecule has 4 heterocycles. The van der Waals surface area contributed by atoms with Crippen LogP contribution in [0.15, 0.2) is 33.9 Å². The van der Waals surface area contributed by atoms with Gasteiger partial charge < -0.3 is 19.1 Å². The summed E-state index contributed by atoms with van der Waals surface area (Å²) in [5, 5.41) is 4.09. The third-order valence-electron chi connectivity index (χ3n) is 7.35. The zero-order valence-corrected chi connectivity index (χ0v) is 20.6. The lowest BCUT2D eigenvalue weighted by molar-refractivity contribution is -0.0129. The fourth-order valence-corrected chi connectivity index (χ4v) is 6.77. The smallest absolute Gasteiger partial charge is 0.277 e. The Hall–Kier alpha value is -2.34. The van der Waals surface area contributed by atoms with Crippen LogP contribution in [0.4, 0.5) is 0 Å². The number of H-pyrrole nitrogens is 1. The Morgan fingerprint density at radius 2 is 1.86 bits per heavy atom. The first-order chi connectivity index (χ1) is 17.1. The maximum absolute atomic E-state index is 13.5. The van der Waals surface area contributed by atoms with Gasteiger partial charge in [-0.3, -0.25) is 0 Å². The first kappa shape index (κ1) is 23.1. The van der Waals surface area contributed by atoms with E-state index in [2.05, 4.69) is 25.0 Å². The van der Waals surface area contributed by atoms with Gasteiger partial charge in [0.15, 0.2) is 5.82 Å². The van der Waals surface area contributed by atoms with Gasteiger partial charge >= 0.3 is 0 Å². The van der Waals surface area contributed by atoms with Crippen LogP contribution in [0.2, 0.25) is 0 Å². The van der Waals surface area contributed by atoms with Crippen molar-refractivity contribution in [2.45, 2.75) is 68.9 Å². The number of rotatable bonds is 8. The van der Waals surface area contributed by atoms with Crippen LogP contribution >= 0.6 is 0 Å². The second kappa shape index (κ2) is 9.61. The van der Waals surface area contributed by atoms with Gasteiger partial charge in [-0.05, 0) is 56.6 Å². The van der Waals surface area contributed by atoms with Crippen LogP contribution < -0.4 is 0 Å². The second-order valence-electron chi connectivity index (χ2n) is 9.99. The number of nitrogens with one attached hydrogen (secondary N) is 1. The van der Waals surface area contributed by atoms with Gasteiger partial charge in [-0.15, -0.1) is 0 Å². The summed E-state index contributed by atoms with van der Waals surface area (Å²) >= 11 is 0. The Morgan fingerprint density at radius 3 is 2.66 bits per heavy atom. The van der Waals surface area contributed by atoms with E-state index in [0.717, 1.165) is 44.7 Å². The molecule has 35 heavy (non-hydrogen) atoms. The Balaban J connectivity index is 1.11. The third-order valence-corrected chi connectivity index (χ3v) is 9.08. The van der Waals surface area contributed by atoms with Crippen molar-refractivity contribution in [3.63, 3.8) is 0 Å². The van der Waals surface area contributed by atoms with Crippen molar-refractivity contribution in [1.82, 2.24) is 29.3 Å². The van der Waals surface area contributed by atoms with Crippen LogP contribution in [0, 0.1) is 5.92 Å². The molecular formula is C24H32N6O4S. The fourth-order valence-electron chi connectivity index (χ4n) is 5.19. The monoisotopic (exact) mass is 500 g/mol. The highest BCUT2D eigenvalue weighted by Gasteiger charge is 2.39. The Morgan fingerprint density at radius 1 is 1.03 bits per heavy atom. The molecule has 6 rings (SSSR count). The summed E-state index contributed by atoms with van der Waals surface area (Å²) < 4.78 is 40.0. The highest BCUT2D eigenvalue weighted by molar-refractivity contribution is 7.89. The summed E-state index contributed by atoms with van der Waals surface area (Å²) in [5.41, 5.74) is 1.31. The number of aromatic nitrogens is 4. The molecule has 1 aromatic carbocycles. The van der Waals surface area contributed by atoms with E-state index in [1.54, 1.807) is 6.07 Å². The van der Waals surface area contributed by atoms with Crippen LogP contribution in [0.3, 0.4) is 0 Å². The number of benzene rings is 1. The van der Waals surface area contributed by atoms with Gasteiger partial charge in [0.25, 0.3) is 15.9 Å². The van der Waals surface area contributed by atoms with Crippen LogP contribution in [-0.2, 0) is 21.4 Å². The van der Waals surface area contributed by atoms with E-state index >= 15 is 0 Å². The average molecular weight is 501 g/mol. The molecule has 2 saturated heterocycles. The summed E-state index contributed by atoms with van der Waals surface area (Å²) in [6, 6.07) is 6.81. The number of piperidine rings is 2. The molecule has 2 aromatic heterocycles. The number of fused-ring (bicyclic) bond motifs is 1. The van der Waals surface area contributed by atoms with Gasteiger partial charge in [0.2, 0.25) is 5.16 Å².